The van der Waals surface area contributed by atoms with Crippen molar-refractivity contribution in [3.05, 3.63) is 34.7 Å². The van der Waals surface area contributed by atoms with Gasteiger partial charge in [0, 0.05) is 0 Å². The highest BCUT2D eigenvalue weighted by Gasteiger charge is 2.33. The maximum absolute atomic E-state index is 12.4. The van der Waals surface area contributed by atoms with E-state index in [-0.39, 0.29) is 12.5 Å². The molecular weight excluding hydrogens is 346 g/mol. The largest absolute Gasteiger partial charge is 0.497 e. The van der Waals surface area contributed by atoms with Crippen LogP contribution in [0.5, 0.6) is 5.75 Å². The first-order chi connectivity index (χ1) is 11.5. The minimum Gasteiger partial charge on any atom is -0.497 e. The summed E-state index contributed by atoms with van der Waals surface area (Å²) in [5, 5.41) is 0. The van der Waals surface area contributed by atoms with E-state index in [1.807, 2.05) is 31.2 Å². The number of ether oxygens (including phenoxy) is 2. The Kier molecular flexibility index (Phi) is 6.81. The predicted molar refractivity (Wildman–Crippen MR) is 98.7 cm³/mol. The van der Waals surface area contributed by atoms with Crippen molar-refractivity contribution in [2.24, 2.45) is 0 Å². The Morgan fingerprint density at radius 3 is 2.67 bits per heavy atom. The molecule has 0 saturated carbocycles. The molecule has 1 aliphatic heterocycles. The Hall–Kier alpha value is -1.86. The summed E-state index contributed by atoms with van der Waals surface area (Å²) in [6.45, 7) is 2.24. The number of carbonyl (C=O) groups is 2. The lowest BCUT2D eigenvalue weighted by molar-refractivity contribution is -0.146. The second kappa shape index (κ2) is 8.84. The summed E-state index contributed by atoms with van der Waals surface area (Å²) in [6.07, 6.45) is 3.50. The van der Waals surface area contributed by atoms with Gasteiger partial charge in [-0.2, -0.15) is 0 Å². The molecule has 1 fully saturated rings. The number of hydrogen-bond donors (Lipinski definition) is 0. The Bertz CT molecular complexity index is 655. The highest BCUT2D eigenvalue weighted by Crippen LogP contribution is 2.32. The lowest BCUT2D eigenvalue weighted by Gasteiger charge is -2.13. The molecule has 7 heteroatoms. The van der Waals surface area contributed by atoms with Crippen LogP contribution in [-0.2, 0) is 14.3 Å². The number of esters is 1. The number of amides is 1. The van der Waals surface area contributed by atoms with Gasteiger partial charge in [0.1, 0.15) is 16.6 Å². The zero-order valence-electron chi connectivity index (χ0n) is 13.6. The first-order valence-corrected chi connectivity index (χ1v) is 8.82. The molecule has 128 valence electrons. The van der Waals surface area contributed by atoms with Crippen LogP contribution < -0.4 is 4.74 Å². The minimum absolute atomic E-state index is 0.145. The third-order valence-corrected chi connectivity index (χ3v) is 4.71. The van der Waals surface area contributed by atoms with Crippen molar-refractivity contribution in [1.29, 1.82) is 0 Å². The van der Waals surface area contributed by atoms with E-state index in [0.717, 1.165) is 24.2 Å². The number of benzene rings is 1. The van der Waals surface area contributed by atoms with Crippen molar-refractivity contribution in [2.45, 2.75) is 19.8 Å². The van der Waals surface area contributed by atoms with Gasteiger partial charge in [-0.05, 0) is 30.2 Å². The highest BCUT2D eigenvalue weighted by atomic mass is 32.2. The highest BCUT2D eigenvalue weighted by molar-refractivity contribution is 8.26. The molecule has 0 radical (unpaired) electrons. The van der Waals surface area contributed by atoms with Crippen LogP contribution in [0.1, 0.15) is 25.3 Å². The van der Waals surface area contributed by atoms with Crippen molar-refractivity contribution >= 4 is 46.3 Å². The van der Waals surface area contributed by atoms with E-state index < -0.39 is 5.97 Å². The molecule has 1 aromatic carbocycles. The number of hydrogen-bond acceptors (Lipinski definition) is 6. The van der Waals surface area contributed by atoms with Crippen LogP contribution in [0.25, 0.3) is 6.08 Å². The summed E-state index contributed by atoms with van der Waals surface area (Å²) in [6, 6.07) is 7.34. The molecule has 0 atom stereocenters. The SMILES string of the molecule is CCCCOC(=O)CN1C(=O)/C(=C/c2ccc(OC)cc2)SC1=S. The smallest absolute Gasteiger partial charge is 0.326 e. The predicted octanol–water partition coefficient (Wildman–Crippen LogP) is 3.24. The van der Waals surface area contributed by atoms with Crippen LogP contribution in [0.2, 0.25) is 0 Å². The standard InChI is InChI=1S/C17H19NO4S2/c1-3-4-9-22-15(19)11-18-16(20)14(24-17(18)23)10-12-5-7-13(21-2)8-6-12/h5-8,10H,3-4,9,11H2,1-2H3/b14-10-. The topological polar surface area (TPSA) is 55.8 Å². The average Bonchev–Trinajstić information content (AvgIpc) is 2.83. The average molecular weight is 365 g/mol. The molecule has 1 saturated heterocycles. The number of nitrogens with zero attached hydrogens (tertiary/aromatic N) is 1. The summed E-state index contributed by atoms with van der Waals surface area (Å²) in [4.78, 5) is 26.0. The molecule has 0 unspecified atom stereocenters. The van der Waals surface area contributed by atoms with Crippen molar-refractivity contribution < 1.29 is 19.1 Å². The molecule has 24 heavy (non-hydrogen) atoms. The van der Waals surface area contributed by atoms with E-state index >= 15 is 0 Å². The van der Waals surface area contributed by atoms with E-state index in [1.165, 1.54) is 16.7 Å². The van der Waals surface area contributed by atoms with Crippen LogP contribution in [-0.4, -0.2) is 41.4 Å². The van der Waals surface area contributed by atoms with E-state index in [9.17, 15) is 9.59 Å². The molecule has 0 bridgehead atoms. The summed E-state index contributed by atoms with van der Waals surface area (Å²) >= 11 is 6.39. The molecule has 0 aliphatic carbocycles. The number of thiocarbonyl (C=S) groups is 1. The lowest BCUT2D eigenvalue weighted by atomic mass is 10.2. The molecule has 0 aromatic heterocycles. The number of carbonyl (C=O) groups excluding carboxylic acids is 2. The molecule has 0 N–H and O–H groups in total. The molecule has 1 heterocycles. The van der Waals surface area contributed by atoms with Crippen LogP contribution >= 0.6 is 24.0 Å². The molecule has 2 rings (SSSR count). The van der Waals surface area contributed by atoms with Crippen molar-refractivity contribution in [1.82, 2.24) is 4.90 Å². The van der Waals surface area contributed by atoms with Crippen LogP contribution in [0.15, 0.2) is 29.2 Å². The molecule has 0 spiro atoms. The fraction of sp³-hybridized carbons (Fsp3) is 0.353. The number of rotatable bonds is 7. The van der Waals surface area contributed by atoms with Gasteiger partial charge in [-0.25, -0.2) is 0 Å². The maximum Gasteiger partial charge on any atom is 0.326 e. The van der Waals surface area contributed by atoms with Crippen LogP contribution in [0.4, 0.5) is 0 Å². The van der Waals surface area contributed by atoms with Gasteiger partial charge < -0.3 is 9.47 Å². The summed E-state index contributed by atoms with van der Waals surface area (Å²) in [5.74, 6) is 0.0354. The summed E-state index contributed by atoms with van der Waals surface area (Å²) < 4.78 is 10.6. The first kappa shape index (κ1) is 18.5. The second-order valence-electron chi connectivity index (χ2n) is 5.12. The van der Waals surface area contributed by atoms with Gasteiger partial charge in [-0.15, -0.1) is 0 Å². The minimum atomic E-state index is -0.439. The van der Waals surface area contributed by atoms with Crippen LogP contribution in [0.3, 0.4) is 0 Å². The van der Waals surface area contributed by atoms with Gasteiger partial charge >= 0.3 is 5.97 Å². The van der Waals surface area contributed by atoms with Gasteiger partial charge in [0.05, 0.1) is 18.6 Å². The number of thioether (sulfide) groups is 1. The van der Waals surface area contributed by atoms with E-state index in [2.05, 4.69) is 0 Å². The van der Waals surface area contributed by atoms with Gasteiger partial charge in [-0.1, -0.05) is 49.5 Å². The third kappa shape index (κ3) is 4.82. The normalized spacial score (nSPS) is 15.9. The van der Waals surface area contributed by atoms with E-state index in [1.54, 1.807) is 13.2 Å². The lowest BCUT2D eigenvalue weighted by Crippen LogP contribution is -2.34. The summed E-state index contributed by atoms with van der Waals surface area (Å²) in [5.41, 5.74) is 0.863. The van der Waals surface area contributed by atoms with E-state index in [0.29, 0.717) is 15.8 Å². The fourth-order valence-electron chi connectivity index (χ4n) is 1.99. The van der Waals surface area contributed by atoms with Gasteiger partial charge in [0.2, 0.25) is 0 Å². The first-order valence-electron chi connectivity index (χ1n) is 7.60. The van der Waals surface area contributed by atoms with Gasteiger partial charge in [0.25, 0.3) is 5.91 Å². The Balaban J connectivity index is 2.02. The summed E-state index contributed by atoms with van der Waals surface area (Å²) in [7, 11) is 1.60. The van der Waals surface area contributed by atoms with Crippen molar-refractivity contribution in [2.75, 3.05) is 20.3 Å². The van der Waals surface area contributed by atoms with Crippen molar-refractivity contribution in [3.8, 4) is 5.75 Å². The Morgan fingerprint density at radius 1 is 1.33 bits per heavy atom. The van der Waals surface area contributed by atoms with E-state index in [4.69, 9.17) is 21.7 Å². The van der Waals surface area contributed by atoms with Crippen molar-refractivity contribution in [3.63, 3.8) is 0 Å². The van der Waals surface area contributed by atoms with Crippen LogP contribution in [0, 0.1) is 0 Å². The molecule has 1 aromatic rings. The zero-order chi connectivity index (χ0) is 17.5. The third-order valence-electron chi connectivity index (χ3n) is 3.34. The molecular formula is C17H19NO4S2. The molecule has 1 aliphatic rings. The Labute approximate surface area is 151 Å². The maximum atomic E-state index is 12.4. The zero-order valence-corrected chi connectivity index (χ0v) is 15.2. The second-order valence-corrected chi connectivity index (χ2v) is 6.79. The Morgan fingerprint density at radius 2 is 2.04 bits per heavy atom. The van der Waals surface area contributed by atoms with Gasteiger partial charge in [-0.3, -0.25) is 14.5 Å². The number of unbranched alkanes of at least 4 members (excludes halogenated alkanes) is 1. The quantitative estimate of drug-likeness (QED) is 0.320. The fourth-order valence-corrected chi connectivity index (χ4v) is 3.25. The van der Waals surface area contributed by atoms with Gasteiger partial charge in [0.15, 0.2) is 0 Å². The number of methoxy groups -OCH3 is 1. The molecule has 1 amide bonds. The monoisotopic (exact) mass is 365 g/mol. The molecule has 5 nitrogen and oxygen atoms in total.